The lowest BCUT2D eigenvalue weighted by molar-refractivity contribution is -0.167. The molecule has 0 bridgehead atoms. The Morgan fingerprint density at radius 3 is 3.20 bits per heavy atom. The molecule has 0 aromatic carbocycles. The monoisotopic (exact) mass is 228 g/mol. The van der Waals surface area contributed by atoms with Crippen LogP contribution in [0.5, 0.6) is 0 Å². The molecule has 0 radical (unpaired) electrons. The second-order valence-electron chi connectivity index (χ2n) is 3.43. The molecule has 6 heteroatoms. The molecule has 0 aliphatic carbocycles. The molecule has 1 fully saturated rings. The highest BCUT2D eigenvalue weighted by atomic mass is 32.2. The Morgan fingerprint density at radius 1 is 1.87 bits per heavy atom. The van der Waals surface area contributed by atoms with Crippen molar-refractivity contribution in [3.63, 3.8) is 0 Å². The second kappa shape index (κ2) is 3.53. The molecular formula is C9H12N2O3S. The molecule has 1 unspecified atom stereocenters. The number of hydrogen-bond donors (Lipinski definition) is 2. The zero-order valence-corrected chi connectivity index (χ0v) is 9.08. The van der Waals surface area contributed by atoms with Gasteiger partial charge in [-0.2, -0.15) is 0 Å². The predicted molar refractivity (Wildman–Crippen MR) is 56.3 cm³/mol. The Balaban J connectivity index is 2.31. The number of thioether (sulfide) groups is 1. The lowest BCUT2D eigenvalue weighted by Gasteiger charge is -2.52. The standard InChI is InChI=1S/C9H12N2O3S/c1-2-10-9(8(13)14)6(12)11-4-3-5-15-7(9)11/h3-4,7,10H,2,5H2,1H3,(H,13,14)/t7-,9?/m0/s1. The SMILES string of the molecule is CCNC1(C(=O)O)C(=O)N2C=CCS[C@H]21. The van der Waals surface area contributed by atoms with E-state index in [4.69, 9.17) is 0 Å². The molecule has 0 spiro atoms. The van der Waals surface area contributed by atoms with Gasteiger partial charge in [0.2, 0.25) is 5.54 Å². The van der Waals surface area contributed by atoms with Gasteiger partial charge in [-0.15, -0.1) is 11.8 Å². The van der Waals surface area contributed by atoms with Crippen molar-refractivity contribution in [3.8, 4) is 0 Å². The third kappa shape index (κ3) is 1.21. The number of carboxylic acid groups (broad SMARTS) is 1. The molecule has 15 heavy (non-hydrogen) atoms. The van der Waals surface area contributed by atoms with E-state index in [2.05, 4.69) is 5.32 Å². The number of carbonyl (C=O) groups excluding carboxylic acids is 1. The minimum atomic E-state index is -1.41. The van der Waals surface area contributed by atoms with E-state index in [9.17, 15) is 14.7 Å². The molecule has 2 aliphatic heterocycles. The first-order valence-electron chi connectivity index (χ1n) is 4.74. The average Bonchev–Trinajstić information content (AvgIpc) is 2.24. The minimum absolute atomic E-state index is 0.313. The molecule has 2 atom stereocenters. The number of rotatable bonds is 3. The number of carboxylic acids is 1. The first kappa shape index (κ1) is 10.5. The predicted octanol–water partition coefficient (Wildman–Crippen LogP) is -0.152. The molecule has 5 nitrogen and oxygen atoms in total. The van der Waals surface area contributed by atoms with Crippen molar-refractivity contribution >= 4 is 23.6 Å². The summed E-state index contributed by atoms with van der Waals surface area (Å²) in [5, 5.41) is 11.7. The van der Waals surface area contributed by atoms with Crippen LogP contribution in [0.1, 0.15) is 6.92 Å². The fourth-order valence-electron chi connectivity index (χ4n) is 1.93. The van der Waals surface area contributed by atoms with Crippen LogP contribution in [0, 0.1) is 0 Å². The van der Waals surface area contributed by atoms with Gasteiger partial charge in [0.1, 0.15) is 5.37 Å². The molecule has 0 saturated carbocycles. The van der Waals surface area contributed by atoms with Gasteiger partial charge in [0.15, 0.2) is 0 Å². The Bertz CT molecular complexity index is 344. The molecule has 2 rings (SSSR count). The Kier molecular flexibility index (Phi) is 2.47. The summed E-state index contributed by atoms with van der Waals surface area (Å²) in [6.07, 6.45) is 3.53. The van der Waals surface area contributed by atoms with E-state index in [1.807, 2.05) is 6.08 Å². The van der Waals surface area contributed by atoms with Gasteiger partial charge in [0.25, 0.3) is 5.91 Å². The number of amides is 1. The summed E-state index contributed by atoms with van der Waals surface area (Å²) in [5.74, 6) is -0.710. The number of aliphatic carboxylic acids is 1. The van der Waals surface area contributed by atoms with E-state index < -0.39 is 11.5 Å². The highest BCUT2D eigenvalue weighted by Gasteiger charge is 2.66. The summed E-state index contributed by atoms with van der Waals surface area (Å²) in [6.45, 7) is 2.26. The summed E-state index contributed by atoms with van der Waals surface area (Å²) in [4.78, 5) is 24.5. The van der Waals surface area contributed by atoms with Gasteiger partial charge in [0, 0.05) is 12.0 Å². The van der Waals surface area contributed by atoms with Gasteiger partial charge >= 0.3 is 5.97 Å². The van der Waals surface area contributed by atoms with Gasteiger partial charge < -0.3 is 10.0 Å². The maximum absolute atomic E-state index is 11.8. The molecular weight excluding hydrogens is 216 g/mol. The van der Waals surface area contributed by atoms with Crippen molar-refractivity contribution in [2.75, 3.05) is 12.3 Å². The molecule has 82 valence electrons. The minimum Gasteiger partial charge on any atom is -0.479 e. The summed E-state index contributed by atoms with van der Waals surface area (Å²) >= 11 is 1.47. The first-order chi connectivity index (χ1) is 7.14. The third-order valence-electron chi connectivity index (χ3n) is 2.60. The Morgan fingerprint density at radius 2 is 2.60 bits per heavy atom. The average molecular weight is 228 g/mol. The summed E-state index contributed by atoms with van der Waals surface area (Å²) < 4.78 is 0. The first-order valence-corrected chi connectivity index (χ1v) is 5.79. The van der Waals surface area contributed by atoms with Crippen molar-refractivity contribution in [3.05, 3.63) is 12.3 Å². The van der Waals surface area contributed by atoms with Gasteiger partial charge in [-0.25, -0.2) is 4.79 Å². The van der Waals surface area contributed by atoms with Crippen molar-refractivity contribution in [2.45, 2.75) is 17.8 Å². The largest absolute Gasteiger partial charge is 0.479 e. The number of nitrogens with zero attached hydrogens (tertiary/aromatic N) is 1. The lowest BCUT2D eigenvalue weighted by Crippen LogP contribution is -2.80. The van der Waals surface area contributed by atoms with Gasteiger partial charge in [-0.05, 0) is 6.54 Å². The van der Waals surface area contributed by atoms with E-state index in [1.54, 1.807) is 13.1 Å². The number of likely N-dealkylation sites (N-methyl/N-ethyl adjacent to an activating group) is 1. The van der Waals surface area contributed by atoms with Crippen LogP contribution in [0.15, 0.2) is 12.3 Å². The van der Waals surface area contributed by atoms with Gasteiger partial charge in [0.05, 0.1) is 0 Å². The van der Waals surface area contributed by atoms with Crippen molar-refractivity contribution in [1.82, 2.24) is 10.2 Å². The van der Waals surface area contributed by atoms with Crippen molar-refractivity contribution in [1.29, 1.82) is 0 Å². The zero-order chi connectivity index (χ0) is 11.1. The number of hydrogen-bond acceptors (Lipinski definition) is 4. The second-order valence-corrected chi connectivity index (χ2v) is 4.54. The van der Waals surface area contributed by atoms with E-state index >= 15 is 0 Å². The van der Waals surface area contributed by atoms with E-state index in [0.29, 0.717) is 6.54 Å². The maximum Gasteiger partial charge on any atom is 0.336 e. The van der Waals surface area contributed by atoms with Crippen molar-refractivity contribution in [2.24, 2.45) is 0 Å². The molecule has 2 N–H and O–H groups in total. The summed E-state index contributed by atoms with van der Waals surface area (Å²) in [6, 6.07) is 0. The smallest absolute Gasteiger partial charge is 0.336 e. The zero-order valence-electron chi connectivity index (χ0n) is 8.27. The van der Waals surface area contributed by atoms with E-state index in [-0.39, 0.29) is 11.3 Å². The molecule has 2 aliphatic rings. The lowest BCUT2D eigenvalue weighted by atomic mass is 9.88. The van der Waals surface area contributed by atoms with Crippen LogP contribution < -0.4 is 5.32 Å². The molecule has 1 amide bonds. The van der Waals surface area contributed by atoms with E-state index in [1.165, 1.54) is 16.7 Å². The van der Waals surface area contributed by atoms with Gasteiger partial charge in [-0.1, -0.05) is 13.0 Å². The molecule has 1 saturated heterocycles. The van der Waals surface area contributed by atoms with Crippen LogP contribution in [0.3, 0.4) is 0 Å². The maximum atomic E-state index is 11.8. The van der Waals surface area contributed by atoms with Crippen LogP contribution in [0.25, 0.3) is 0 Å². The molecule has 0 aromatic heterocycles. The Labute approximate surface area is 91.5 Å². The summed E-state index contributed by atoms with van der Waals surface area (Å²) in [5.41, 5.74) is -1.41. The van der Waals surface area contributed by atoms with Crippen molar-refractivity contribution < 1.29 is 14.7 Å². The quantitative estimate of drug-likeness (QED) is 0.519. The van der Waals surface area contributed by atoms with Crippen LogP contribution in [0.2, 0.25) is 0 Å². The number of fused-ring (bicyclic) bond motifs is 1. The number of nitrogens with one attached hydrogen (secondary N) is 1. The van der Waals surface area contributed by atoms with Gasteiger partial charge in [-0.3, -0.25) is 10.1 Å². The highest BCUT2D eigenvalue weighted by Crippen LogP contribution is 2.41. The number of carbonyl (C=O) groups is 2. The van der Waals surface area contributed by atoms with E-state index in [0.717, 1.165) is 5.75 Å². The molecule has 2 heterocycles. The fourth-order valence-corrected chi connectivity index (χ4v) is 3.17. The topological polar surface area (TPSA) is 69.6 Å². The summed E-state index contributed by atoms with van der Waals surface area (Å²) in [7, 11) is 0. The van der Waals surface area contributed by atoms with Crippen LogP contribution in [0.4, 0.5) is 0 Å². The van der Waals surface area contributed by atoms with Crippen LogP contribution in [-0.4, -0.2) is 45.1 Å². The molecule has 0 aromatic rings. The Hall–Kier alpha value is -1.01. The number of β-lactam (4-membered cyclic amide) rings is 1. The van der Waals surface area contributed by atoms with Crippen LogP contribution >= 0.6 is 11.8 Å². The third-order valence-corrected chi connectivity index (χ3v) is 3.89. The highest BCUT2D eigenvalue weighted by molar-refractivity contribution is 8.00. The fraction of sp³-hybridized carbons (Fsp3) is 0.556. The van der Waals surface area contributed by atoms with Crippen LogP contribution in [-0.2, 0) is 9.59 Å². The normalized spacial score (nSPS) is 33.5.